The van der Waals surface area contributed by atoms with Gasteiger partial charge in [0.1, 0.15) is 5.82 Å². The molecular weight excluding hydrogens is 277 g/mol. The number of aromatic amines is 1. The number of H-pyrrole nitrogens is 1. The number of hydrogen-bond acceptors (Lipinski definition) is 1. The van der Waals surface area contributed by atoms with E-state index in [4.69, 9.17) is 11.6 Å². The largest absolute Gasteiger partial charge is 0.360 e. The maximum Gasteiger partial charge on any atom is 0.196 e. The lowest BCUT2D eigenvalue weighted by molar-refractivity contribution is 0.104. The van der Waals surface area contributed by atoms with Crippen LogP contribution in [0.15, 0.2) is 42.6 Å². The molecule has 2 aromatic carbocycles. The summed E-state index contributed by atoms with van der Waals surface area (Å²) in [5.41, 5.74) is 2.39. The van der Waals surface area contributed by atoms with E-state index in [0.29, 0.717) is 27.1 Å². The summed E-state index contributed by atoms with van der Waals surface area (Å²) < 4.78 is 13.2. The monoisotopic (exact) mass is 287 g/mol. The number of fused-ring (bicyclic) bond motifs is 1. The zero-order valence-corrected chi connectivity index (χ0v) is 11.5. The van der Waals surface area contributed by atoms with Gasteiger partial charge in [-0.25, -0.2) is 4.39 Å². The maximum absolute atomic E-state index is 13.2. The molecule has 0 amide bonds. The van der Waals surface area contributed by atoms with E-state index in [0.717, 1.165) is 5.56 Å². The highest BCUT2D eigenvalue weighted by Crippen LogP contribution is 2.26. The Morgan fingerprint density at radius 3 is 2.80 bits per heavy atom. The molecule has 4 heteroatoms. The Kier molecular flexibility index (Phi) is 3.07. The molecule has 0 aliphatic rings. The van der Waals surface area contributed by atoms with Gasteiger partial charge in [-0.2, -0.15) is 0 Å². The van der Waals surface area contributed by atoms with Gasteiger partial charge in [-0.1, -0.05) is 23.7 Å². The Balaban J connectivity index is 2.16. The fourth-order valence-electron chi connectivity index (χ4n) is 2.25. The Bertz CT molecular complexity index is 822. The topological polar surface area (TPSA) is 32.9 Å². The second-order valence-corrected chi connectivity index (χ2v) is 5.04. The highest BCUT2D eigenvalue weighted by molar-refractivity contribution is 6.36. The number of halogens is 2. The first-order valence-corrected chi connectivity index (χ1v) is 6.52. The van der Waals surface area contributed by atoms with Crippen LogP contribution in [0, 0.1) is 12.7 Å². The van der Waals surface area contributed by atoms with Gasteiger partial charge in [-0.3, -0.25) is 4.79 Å². The van der Waals surface area contributed by atoms with E-state index in [1.807, 2.05) is 13.0 Å². The van der Waals surface area contributed by atoms with Gasteiger partial charge in [0.25, 0.3) is 0 Å². The Labute approximate surface area is 120 Å². The van der Waals surface area contributed by atoms with E-state index in [-0.39, 0.29) is 11.6 Å². The van der Waals surface area contributed by atoms with Crippen molar-refractivity contribution in [1.82, 2.24) is 4.98 Å². The van der Waals surface area contributed by atoms with Gasteiger partial charge in [-0.15, -0.1) is 0 Å². The highest BCUT2D eigenvalue weighted by atomic mass is 35.5. The number of rotatable bonds is 2. The van der Waals surface area contributed by atoms with Crippen LogP contribution in [0.4, 0.5) is 4.39 Å². The van der Waals surface area contributed by atoms with Crippen LogP contribution in [0.1, 0.15) is 21.5 Å². The second-order valence-electron chi connectivity index (χ2n) is 4.66. The van der Waals surface area contributed by atoms with Crippen molar-refractivity contribution < 1.29 is 9.18 Å². The molecule has 1 N–H and O–H groups in total. The number of aromatic nitrogens is 1. The summed E-state index contributed by atoms with van der Waals surface area (Å²) in [5, 5.41) is 1.14. The first-order valence-electron chi connectivity index (χ1n) is 6.14. The number of ketones is 1. The molecule has 1 aromatic heterocycles. The number of carbonyl (C=O) groups is 1. The lowest BCUT2D eigenvalue weighted by atomic mass is 10.0. The molecule has 20 heavy (non-hydrogen) atoms. The predicted octanol–water partition coefficient (Wildman–Crippen LogP) is 4.50. The lowest BCUT2D eigenvalue weighted by Gasteiger charge is -2.05. The number of benzene rings is 2. The van der Waals surface area contributed by atoms with Gasteiger partial charge in [0.15, 0.2) is 5.78 Å². The molecule has 0 aliphatic heterocycles. The summed E-state index contributed by atoms with van der Waals surface area (Å²) in [6.45, 7) is 1.85. The molecule has 0 bridgehead atoms. The fraction of sp³-hybridized carbons (Fsp3) is 0.0625. The summed E-state index contributed by atoms with van der Waals surface area (Å²) in [7, 11) is 0. The SMILES string of the molecule is Cc1cccc(C(=O)c2c[nH]c3cc(F)ccc23)c1Cl. The first kappa shape index (κ1) is 12.9. The van der Waals surface area contributed by atoms with E-state index in [1.54, 1.807) is 24.4 Å². The zero-order chi connectivity index (χ0) is 14.3. The molecule has 100 valence electrons. The minimum Gasteiger partial charge on any atom is -0.360 e. The Morgan fingerprint density at radius 1 is 1.20 bits per heavy atom. The molecule has 0 radical (unpaired) electrons. The second kappa shape index (κ2) is 4.76. The van der Waals surface area contributed by atoms with Gasteiger partial charge in [0.05, 0.1) is 5.02 Å². The van der Waals surface area contributed by atoms with Crippen molar-refractivity contribution in [3.8, 4) is 0 Å². The minimum atomic E-state index is -0.341. The number of aryl methyl sites for hydroxylation is 1. The minimum absolute atomic E-state index is 0.170. The van der Waals surface area contributed by atoms with Crippen molar-refractivity contribution in [1.29, 1.82) is 0 Å². The third kappa shape index (κ3) is 2.00. The van der Waals surface area contributed by atoms with Gasteiger partial charge in [-0.05, 0) is 36.8 Å². The molecule has 3 rings (SSSR count). The molecule has 0 fully saturated rings. The Morgan fingerprint density at radius 2 is 2.00 bits per heavy atom. The smallest absolute Gasteiger partial charge is 0.196 e. The van der Waals surface area contributed by atoms with Crippen LogP contribution in [0.5, 0.6) is 0 Å². The quantitative estimate of drug-likeness (QED) is 0.692. The molecule has 2 nitrogen and oxygen atoms in total. The van der Waals surface area contributed by atoms with E-state index >= 15 is 0 Å². The molecule has 3 aromatic rings. The molecule has 0 unspecified atom stereocenters. The fourth-order valence-corrected chi connectivity index (χ4v) is 2.47. The van der Waals surface area contributed by atoms with Crippen molar-refractivity contribution in [2.24, 2.45) is 0 Å². The highest BCUT2D eigenvalue weighted by Gasteiger charge is 2.17. The molecule has 0 atom stereocenters. The van der Waals surface area contributed by atoms with Crippen LogP contribution in [0.25, 0.3) is 10.9 Å². The van der Waals surface area contributed by atoms with Gasteiger partial charge in [0.2, 0.25) is 0 Å². The molecule has 1 heterocycles. The number of carbonyl (C=O) groups excluding carboxylic acids is 1. The third-order valence-electron chi connectivity index (χ3n) is 3.32. The van der Waals surface area contributed by atoms with Crippen LogP contribution in [0.2, 0.25) is 5.02 Å². The van der Waals surface area contributed by atoms with E-state index < -0.39 is 0 Å². The Hall–Kier alpha value is -2.13. The van der Waals surface area contributed by atoms with Crippen molar-refractivity contribution in [2.75, 3.05) is 0 Å². The molecule has 0 spiro atoms. The standard InChI is InChI=1S/C16H11ClFNO/c1-9-3-2-4-12(15(9)17)16(20)13-8-19-14-7-10(18)5-6-11(13)14/h2-8,19H,1H3. The van der Waals surface area contributed by atoms with Gasteiger partial charge < -0.3 is 4.98 Å². The summed E-state index contributed by atoms with van der Waals surface area (Å²) in [6.07, 6.45) is 1.59. The van der Waals surface area contributed by atoms with Crippen LogP contribution < -0.4 is 0 Å². The van der Waals surface area contributed by atoms with E-state index in [2.05, 4.69) is 4.98 Å². The lowest BCUT2D eigenvalue weighted by Crippen LogP contribution is -2.02. The molecule has 0 aliphatic carbocycles. The molecule has 0 saturated heterocycles. The zero-order valence-electron chi connectivity index (χ0n) is 10.7. The van der Waals surface area contributed by atoms with Crippen LogP contribution in [-0.4, -0.2) is 10.8 Å². The van der Waals surface area contributed by atoms with E-state index in [1.165, 1.54) is 12.1 Å². The van der Waals surface area contributed by atoms with Gasteiger partial charge >= 0.3 is 0 Å². The van der Waals surface area contributed by atoms with Crippen LogP contribution >= 0.6 is 11.6 Å². The van der Waals surface area contributed by atoms with Crippen molar-refractivity contribution >= 4 is 28.3 Å². The summed E-state index contributed by atoms with van der Waals surface area (Å²) in [5.74, 6) is -0.511. The third-order valence-corrected chi connectivity index (χ3v) is 3.83. The average Bonchev–Trinajstić information content (AvgIpc) is 2.84. The van der Waals surface area contributed by atoms with E-state index in [9.17, 15) is 9.18 Å². The van der Waals surface area contributed by atoms with Crippen molar-refractivity contribution in [2.45, 2.75) is 6.92 Å². The summed E-state index contributed by atoms with van der Waals surface area (Å²) in [6, 6.07) is 9.64. The molecular formula is C16H11ClFNO. The van der Waals surface area contributed by atoms with Crippen LogP contribution in [-0.2, 0) is 0 Å². The average molecular weight is 288 g/mol. The van der Waals surface area contributed by atoms with Crippen molar-refractivity contribution in [3.63, 3.8) is 0 Å². The summed E-state index contributed by atoms with van der Waals surface area (Å²) >= 11 is 6.19. The number of nitrogens with one attached hydrogen (secondary N) is 1. The first-order chi connectivity index (χ1) is 9.58. The van der Waals surface area contributed by atoms with Crippen LogP contribution in [0.3, 0.4) is 0 Å². The van der Waals surface area contributed by atoms with Gasteiger partial charge in [0, 0.05) is 28.2 Å². The summed E-state index contributed by atoms with van der Waals surface area (Å²) in [4.78, 5) is 15.5. The predicted molar refractivity (Wildman–Crippen MR) is 77.9 cm³/mol. The maximum atomic E-state index is 13.2. The normalized spacial score (nSPS) is 10.9. The van der Waals surface area contributed by atoms with Crippen molar-refractivity contribution in [3.05, 3.63) is 70.1 Å². The number of hydrogen-bond donors (Lipinski definition) is 1. The molecule has 0 saturated carbocycles.